The van der Waals surface area contributed by atoms with Gasteiger partial charge >= 0.3 is 0 Å². The predicted octanol–water partition coefficient (Wildman–Crippen LogP) is 2.83. The standard InChI is InChI=1S/C15H17N3O3S/c19-6-7-22-11-13-4-5-16-15(9-13)17-10-12-2-1-3-14(8-12)18(20)21/h1-5,8-9,19H,6-7,10-11H2,(H,16,17). The number of thioether (sulfide) groups is 1. The minimum atomic E-state index is -0.402. The van der Waals surface area contributed by atoms with Gasteiger partial charge in [0.1, 0.15) is 5.82 Å². The lowest BCUT2D eigenvalue weighted by Crippen LogP contribution is -2.02. The number of hydrogen-bond acceptors (Lipinski definition) is 6. The van der Waals surface area contributed by atoms with Crippen molar-refractivity contribution in [2.24, 2.45) is 0 Å². The molecule has 0 aliphatic heterocycles. The van der Waals surface area contributed by atoms with Gasteiger partial charge in [-0.25, -0.2) is 4.98 Å². The summed E-state index contributed by atoms with van der Waals surface area (Å²) in [6.45, 7) is 0.648. The van der Waals surface area contributed by atoms with Gasteiger partial charge in [-0.1, -0.05) is 12.1 Å². The molecule has 0 aliphatic carbocycles. The third-order valence-corrected chi connectivity index (χ3v) is 3.93. The highest BCUT2D eigenvalue weighted by atomic mass is 32.2. The monoisotopic (exact) mass is 319 g/mol. The second-order valence-electron chi connectivity index (χ2n) is 4.61. The Morgan fingerprint density at radius 1 is 1.27 bits per heavy atom. The Kier molecular flexibility index (Phi) is 6.17. The van der Waals surface area contributed by atoms with Crippen LogP contribution in [0.2, 0.25) is 0 Å². The molecule has 1 aromatic heterocycles. The molecule has 0 atom stereocenters. The number of aliphatic hydroxyl groups excluding tert-OH is 1. The van der Waals surface area contributed by atoms with Gasteiger partial charge in [-0.05, 0) is 23.3 Å². The van der Waals surface area contributed by atoms with Crippen molar-refractivity contribution >= 4 is 23.3 Å². The van der Waals surface area contributed by atoms with Gasteiger partial charge in [0.15, 0.2) is 0 Å². The number of non-ortho nitro benzene ring substituents is 1. The van der Waals surface area contributed by atoms with E-state index >= 15 is 0 Å². The summed E-state index contributed by atoms with van der Waals surface area (Å²) >= 11 is 1.65. The molecule has 0 fully saturated rings. The number of aromatic nitrogens is 1. The van der Waals surface area contributed by atoms with E-state index in [4.69, 9.17) is 5.11 Å². The van der Waals surface area contributed by atoms with Crippen molar-refractivity contribution in [3.05, 3.63) is 63.8 Å². The molecule has 0 aliphatic rings. The quantitative estimate of drug-likeness (QED) is 0.442. The van der Waals surface area contributed by atoms with Crippen molar-refractivity contribution in [2.45, 2.75) is 12.3 Å². The van der Waals surface area contributed by atoms with Crippen LogP contribution >= 0.6 is 11.8 Å². The van der Waals surface area contributed by atoms with Crippen molar-refractivity contribution in [2.75, 3.05) is 17.7 Å². The van der Waals surface area contributed by atoms with E-state index in [0.29, 0.717) is 12.3 Å². The van der Waals surface area contributed by atoms with Crippen molar-refractivity contribution in [1.82, 2.24) is 4.98 Å². The number of nitrogens with zero attached hydrogens (tertiary/aromatic N) is 2. The summed E-state index contributed by atoms with van der Waals surface area (Å²) in [5.74, 6) is 2.25. The zero-order chi connectivity index (χ0) is 15.8. The topological polar surface area (TPSA) is 88.3 Å². The molecule has 22 heavy (non-hydrogen) atoms. The van der Waals surface area contributed by atoms with Crippen LogP contribution in [0.15, 0.2) is 42.6 Å². The van der Waals surface area contributed by atoms with Crippen molar-refractivity contribution < 1.29 is 10.0 Å². The Morgan fingerprint density at radius 2 is 2.14 bits per heavy atom. The number of rotatable bonds is 8. The molecule has 0 saturated carbocycles. The second-order valence-corrected chi connectivity index (χ2v) is 5.71. The van der Waals surface area contributed by atoms with Gasteiger partial charge in [-0.2, -0.15) is 11.8 Å². The second kappa shape index (κ2) is 8.35. The molecule has 0 radical (unpaired) electrons. The molecule has 0 saturated heterocycles. The van der Waals surface area contributed by atoms with E-state index in [9.17, 15) is 10.1 Å². The smallest absolute Gasteiger partial charge is 0.269 e. The fraction of sp³-hybridized carbons (Fsp3) is 0.267. The number of hydrogen-bond donors (Lipinski definition) is 2. The van der Waals surface area contributed by atoms with Crippen LogP contribution < -0.4 is 5.32 Å². The maximum Gasteiger partial charge on any atom is 0.269 e. The fourth-order valence-corrected chi connectivity index (χ4v) is 2.58. The SMILES string of the molecule is O=[N+]([O-])c1cccc(CNc2cc(CSCCO)ccn2)c1. The first-order valence-electron chi connectivity index (χ1n) is 6.80. The molecular formula is C15H17N3O3S. The predicted molar refractivity (Wildman–Crippen MR) is 87.9 cm³/mol. The highest BCUT2D eigenvalue weighted by Crippen LogP contribution is 2.16. The van der Waals surface area contributed by atoms with E-state index in [1.165, 1.54) is 6.07 Å². The number of anilines is 1. The summed E-state index contributed by atoms with van der Waals surface area (Å²) in [7, 11) is 0. The van der Waals surface area contributed by atoms with Crippen LogP contribution in [0.1, 0.15) is 11.1 Å². The summed E-state index contributed by atoms with van der Waals surface area (Å²) in [4.78, 5) is 14.6. The van der Waals surface area contributed by atoms with E-state index in [0.717, 1.165) is 22.7 Å². The first kappa shape index (κ1) is 16.3. The first-order chi connectivity index (χ1) is 10.7. The lowest BCUT2D eigenvalue weighted by Gasteiger charge is -2.07. The highest BCUT2D eigenvalue weighted by Gasteiger charge is 2.05. The third kappa shape index (κ3) is 5.01. The van der Waals surface area contributed by atoms with Gasteiger partial charge in [0.25, 0.3) is 5.69 Å². The number of aliphatic hydroxyl groups is 1. The lowest BCUT2D eigenvalue weighted by atomic mass is 10.2. The summed E-state index contributed by atoms with van der Waals surface area (Å²) in [6, 6.07) is 10.4. The van der Waals surface area contributed by atoms with Gasteiger partial charge in [-0.15, -0.1) is 0 Å². The molecule has 1 aromatic carbocycles. The number of pyridine rings is 1. The van der Waals surface area contributed by atoms with E-state index in [-0.39, 0.29) is 12.3 Å². The number of nitro groups is 1. The van der Waals surface area contributed by atoms with Crippen molar-refractivity contribution in [3.8, 4) is 0 Å². The first-order valence-corrected chi connectivity index (χ1v) is 7.95. The van der Waals surface area contributed by atoms with Crippen LogP contribution in [0.3, 0.4) is 0 Å². The molecule has 0 spiro atoms. The largest absolute Gasteiger partial charge is 0.396 e. The van der Waals surface area contributed by atoms with Crippen LogP contribution in [-0.4, -0.2) is 27.4 Å². The molecule has 2 N–H and O–H groups in total. The minimum Gasteiger partial charge on any atom is -0.396 e. The van der Waals surface area contributed by atoms with E-state index < -0.39 is 4.92 Å². The zero-order valence-corrected chi connectivity index (χ0v) is 12.8. The van der Waals surface area contributed by atoms with Crippen LogP contribution in [0.5, 0.6) is 0 Å². The molecule has 0 unspecified atom stereocenters. The average molecular weight is 319 g/mol. The number of nitrogens with one attached hydrogen (secondary N) is 1. The molecule has 0 amide bonds. The maximum absolute atomic E-state index is 10.7. The van der Waals surface area contributed by atoms with Gasteiger partial charge in [0.2, 0.25) is 0 Å². The summed E-state index contributed by atoms with van der Waals surface area (Å²) in [6.07, 6.45) is 1.73. The summed E-state index contributed by atoms with van der Waals surface area (Å²) in [5, 5.41) is 22.7. The van der Waals surface area contributed by atoms with E-state index in [1.807, 2.05) is 18.2 Å². The lowest BCUT2D eigenvalue weighted by molar-refractivity contribution is -0.384. The number of benzene rings is 1. The molecule has 2 rings (SSSR count). The Balaban J connectivity index is 1.95. The minimum absolute atomic E-state index is 0.0846. The molecule has 0 bridgehead atoms. The Morgan fingerprint density at radius 3 is 2.91 bits per heavy atom. The summed E-state index contributed by atoms with van der Waals surface area (Å²) < 4.78 is 0. The van der Waals surface area contributed by atoms with E-state index in [1.54, 1.807) is 30.1 Å². The summed E-state index contributed by atoms with van der Waals surface area (Å²) in [5.41, 5.74) is 2.03. The Bertz CT molecular complexity index is 637. The molecule has 2 aromatic rings. The van der Waals surface area contributed by atoms with Gasteiger partial charge in [0.05, 0.1) is 11.5 Å². The Hall–Kier alpha value is -2.12. The highest BCUT2D eigenvalue weighted by molar-refractivity contribution is 7.98. The Labute approximate surface area is 132 Å². The molecular weight excluding hydrogens is 302 g/mol. The van der Waals surface area contributed by atoms with Crippen LogP contribution in [0.25, 0.3) is 0 Å². The third-order valence-electron chi connectivity index (χ3n) is 2.92. The van der Waals surface area contributed by atoms with Gasteiger partial charge in [0, 0.05) is 36.4 Å². The fourth-order valence-electron chi connectivity index (χ4n) is 1.89. The number of nitro benzene ring substituents is 1. The van der Waals surface area contributed by atoms with Crippen LogP contribution in [-0.2, 0) is 12.3 Å². The van der Waals surface area contributed by atoms with E-state index in [2.05, 4.69) is 10.3 Å². The normalized spacial score (nSPS) is 10.4. The maximum atomic E-state index is 10.7. The van der Waals surface area contributed by atoms with Gasteiger partial charge in [-0.3, -0.25) is 10.1 Å². The average Bonchev–Trinajstić information content (AvgIpc) is 2.54. The zero-order valence-electron chi connectivity index (χ0n) is 11.9. The van der Waals surface area contributed by atoms with Crippen molar-refractivity contribution in [1.29, 1.82) is 0 Å². The van der Waals surface area contributed by atoms with Crippen molar-refractivity contribution in [3.63, 3.8) is 0 Å². The molecule has 7 heteroatoms. The van der Waals surface area contributed by atoms with Gasteiger partial charge < -0.3 is 10.4 Å². The molecule has 6 nitrogen and oxygen atoms in total. The van der Waals surface area contributed by atoms with Crippen LogP contribution in [0.4, 0.5) is 11.5 Å². The molecule has 1 heterocycles. The molecule has 116 valence electrons. The van der Waals surface area contributed by atoms with Crippen LogP contribution in [0, 0.1) is 10.1 Å².